The van der Waals surface area contributed by atoms with Crippen LogP contribution in [0.15, 0.2) is 158 Å². The highest BCUT2D eigenvalue weighted by molar-refractivity contribution is 5.95. The zero-order chi connectivity index (χ0) is 56.1. The Labute approximate surface area is 457 Å². The van der Waals surface area contributed by atoms with Gasteiger partial charge in [0.1, 0.15) is 11.6 Å². The number of nitrogens with zero attached hydrogens (tertiary/aromatic N) is 6. The number of amides is 2. The van der Waals surface area contributed by atoms with Crippen molar-refractivity contribution < 1.29 is 38.2 Å². The number of piperazine rings is 2. The Hall–Kier alpha value is -7.76. The average Bonchev–Trinajstić information content (AvgIpc) is 3.46. The summed E-state index contributed by atoms with van der Waals surface area (Å²) < 4.78 is 26.5. The molecule has 2 heterocycles. The van der Waals surface area contributed by atoms with Crippen LogP contribution in [-0.2, 0) is 22.7 Å². The number of nitrogens with two attached hydrogens (primary N) is 2. The van der Waals surface area contributed by atoms with Crippen LogP contribution in [-0.4, -0.2) is 142 Å². The fourth-order valence-corrected chi connectivity index (χ4v) is 9.89. The van der Waals surface area contributed by atoms with Crippen molar-refractivity contribution in [3.63, 3.8) is 0 Å². The summed E-state index contributed by atoms with van der Waals surface area (Å²) in [4.78, 5) is 58.1. The first-order chi connectivity index (χ1) is 37.6. The number of hydrogen-bond donors (Lipinski definition) is 4. The molecule has 6 N–H and O–H groups in total. The van der Waals surface area contributed by atoms with Crippen molar-refractivity contribution in [3.8, 4) is 0 Å². The monoisotopic (exact) mass is 1060 g/mol. The lowest BCUT2D eigenvalue weighted by atomic mass is 9.95. The van der Waals surface area contributed by atoms with Crippen molar-refractivity contribution in [2.45, 2.75) is 52.9 Å². The van der Waals surface area contributed by atoms with Crippen LogP contribution in [0.25, 0.3) is 0 Å². The van der Waals surface area contributed by atoms with Gasteiger partial charge >= 0.3 is 11.9 Å². The average molecular weight is 1070 g/mol. The molecule has 78 heavy (non-hydrogen) atoms. The fraction of sp³-hybridized carbons (Fsp3) is 0.323. The fourth-order valence-electron chi connectivity index (χ4n) is 9.89. The Morgan fingerprint density at radius 1 is 0.474 bits per heavy atom. The number of hydrogen-bond acceptors (Lipinski definition) is 10. The summed E-state index contributed by atoms with van der Waals surface area (Å²) in [5.74, 6) is -2.78. The van der Waals surface area contributed by atoms with Crippen LogP contribution in [0.4, 0.5) is 20.2 Å². The molecule has 16 heteroatoms. The molecule has 0 saturated carbocycles. The van der Waals surface area contributed by atoms with Crippen molar-refractivity contribution in [1.29, 1.82) is 0 Å². The van der Waals surface area contributed by atoms with Gasteiger partial charge in [0, 0.05) is 126 Å². The number of nitrogen functional groups attached to an aromatic ring is 2. The van der Waals surface area contributed by atoms with Crippen molar-refractivity contribution in [2.75, 3.05) is 90.0 Å². The molecule has 2 aliphatic heterocycles. The molecule has 2 saturated heterocycles. The maximum Gasteiger partial charge on any atom is 0.328 e. The highest BCUT2D eigenvalue weighted by Crippen LogP contribution is 2.33. The summed E-state index contributed by atoms with van der Waals surface area (Å²) in [5.41, 5.74) is 22.1. The minimum atomic E-state index is -1.26. The molecule has 0 aliphatic carbocycles. The van der Waals surface area contributed by atoms with Crippen molar-refractivity contribution in [3.05, 3.63) is 214 Å². The molecule has 412 valence electrons. The molecule has 8 rings (SSSR count). The second-order valence-electron chi connectivity index (χ2n) is 19.2. The van der Waals surface area contributed by atoms with Gasteiger partial charge in [0.2, 0.25) is 0 Å². The topological polar surface area (TPSA) is 180 Å². The van der Waals surface area contributed by atoms with Gasteiger partial charge in [0.25, 0.3) is 11.8 Å². The molecule has 6 aromatic rings. The normalized spacial score (nSPS) is 15.0. The maximum absolute atomic E-state index is 13.3. The van der Waals surface area contributed by atoms with Crippen LogP contribution in [0.5, 0.6) is 0 Å². The van der Waals surface area contributed by atoms with Crippen molar-refractivity contribution in [1.82, 2.24) is 29.4 Å². The standard InChI is InChI=1S/2C29H35FN4O.C4H4O4/c2*1-3-33(4-2)29(35)24-12-10-23(11-13-24)28(25-6-5-7-27(31)20-25)34-18-16-32(17-19-34)21-22-8-14-26(30)15-9-22;5-3(6)1-2-4(7)8/h2*5-15,20,28H,3-4,16-19,21,31H2,1-2H3;1-2H,(H,5,6)(H,7,8)/b;;2-1+/t2*28-;/m11./s1. The Kier molecular flexibility index (Phi) is 22.6. The minimum absolute atomic E-state index is 0.0593. The molecule has 0 aromatic heterocycles. The third kappa shape index (κ3) is 17.4. The van der Waals surface area contributed by atoms with Crippen LogP contribution >= 0.6 is 0 Å². The van der Waals surface area contributed by atoms with E-state index in [2.05, 4.69) is 56.0 Å². The number of halogens is 2. The summed E-state index contributed by atoms with van der Waals surface area (Å²) in [6.07, 6.45) is 1.12. The minimum Gasteiger partial charge on any atom is -0.478 e. The van der Waals surface area contributed by atoms with E-state index in [1.54, 1.807) is 0 Å². The molecular weight excluding hydrogens is 991 g/mol. The van der Waals surface area contributed by atoms with Gasteiger partial charge in [-0.1, -0.05) is 72.8 Å². The molecule has 0 bridgehead atoms. The smallest absolute Gasteiger partial charge is 0.328 e. The summed E-state index contributed by atoms with van der Waals surface area (Å²) in [6, 6.07) is 45.9. The maximum atomic E-state index is 13.3. The van der Waals surface area contributed by atoms with E-state index < -0.39 is 11.9 Å². The van der Waals surface area contributed by atoms with Gasteiger partial charge in [0.05, 0.1) is 12.1 Å². The SMILES string of the molecule is CCN(CC)C(=O)c1ccc([C@H](c2cccc(N)c2)N2CCN(Cc3ccc(F)cc3)CC2)cc1.CCN(CC)C(=O)c1ccc([C@H](c2cccc(N)c2)N2CCN(Cc3ccc(F)cc3)CC2)cc1.O=C(O)/C=C/C(=O)O. The first kappa shape index (κ1) is 59.5. The molecule has 6 aromatic carbocycles. The van der Waals surface area contributed by atoms with E-state index >= 15 is 0 Å². The Morgan fingerprint density at radius 3 is 1.08 bits per heavy atom. The largest absolute Gasteiger partial charge is 0.478 e. The highest BCUT2D eigenvalue weighted by atomic mass is 19.1. The van der Waals surface area contributed by atoms with Gasteiger partial charge in [-0.3, -0.25) is 29.2 Å². The van der Waals surface area contributed by atoms with Crippen LogP contribution in [0.1, 0.15) is 93.9 Å². The molecule has 2 amide bonds. The second-order valence-corrected chi connectivity index (χ2v) is 19.2. The number of carboxylic acid groups (broad SMARTS) is 2. The van der Waals surface area contributed by atoms with Crippen LogP contribution in [0.2, 0.25) is 0 Å². The van der Waals surface area contributed by atoms with Gasteiger partial charge in [0.15, 0.2) is 0 Å². The third-order valence-electron chi connectivity index (χ3n) is 14.1. The van der Waals surface area contributed by atoms with E-state index in [1.165, 1.54) is 24.3 Å². The highest BCUT2D eigenvalue weighted by Gasteiger charge is 2.29. The van der Waals surface area contributed by atoms with E-state index in [9.17, 15) is 28.0 Å². The molecule has 0 spiro atoms. The molecule has 2 fully saturated rings. The van der Waals surface area contributed by atoms with Crippen LogP contribution < -0.4 is 11.5 Å². The zero-order valence-electron chi connectivity index (χ0n) is 45.2. The van der Waals surface area contributed by atoms with Gasteiger partial charge in [-0.2, -0.15) is 0 Å². The number of aliphatic carboxylic acids is 2. The lowest BCUT2D eigenvalue weighted by Gasteiger charge is -2.40. The number of rotatable bonds is 18. The van der Waals surface area contributed by atoms with E-state index in [1.807, 2.05) is 122 Å². The lowest BCUT2D eigenvalue weighted by molar-refractivity contribution is -0.134. The lowest BCUT2D eigenvalue weighted by Crippen LogP contribution is -2.47. The van der Waals surface area contributed by atoms with E-state index in [-0.39, 0.29) is 35.5 Å². The third-order valence-corrected chi connectivity index (χ3v) is 14.1. The number of carbonyl (C=O) groups is 4. The van der Waals surface area contributed by atoms with Crippen LogP contribution in [0.3, 0.4) is 0 Å². The van der Waals surface area contributed by atoms with Gasteiger partial charge in [-0.05, 0) is 134 Å². The Morgan fingerprint density at radius 2 is 0.795 bits per heavy atom. The summed E-state index contributed by atoms with van der Waals surface area (Å²) >= 11 is 0. The summed E-state index contributed by atoms with van der Waals surface area (Å²) in [5, 5.41) is 15.6. The van der Waals surface area contributed by atoms with Crippen molar-refractivity contribution >= 4 is 35.1 Å². The Balaban J connectivity index is 0.000000221. The molecule has 2 aliphatic rings. The molecule has 14 nitrogen and oxygen atoms in total. The van der Waals surface area contributed by atoms with E-state index in [4.69, 9.17) is 21.7 Å². The quantitative estimate of drug-likeness (QED) is 0.0474. The summed E-state index contributed by atoms with van der Waals surface area (Å²) in [7, 11) is 0. The predicted molar refractivity (Wildman–Crippen MR) is 304 cm³/mol. The molecule has 2 atom stereocenters. The first-order valence-corrected chi connectivity index (χ1v) is 26.6. The number of carbonyl (C=O) groups excluding carboxylic acids is 2. The number of benzene rings is 6. The summed E-state index contributed by atoms with van der Waals surface area (Å²) in [6.45, 7) is 19.8. The molecule has 0 radical (unpaired) electrons. The molecular formula is C62H74F2N8O6. The van der Waals surface area contributed by atoms with Crippen molar-refractivity contribution in [2.24, 2.45) is 0 Å². The number of carboxylic acids is 2. The van der Waals surface area contributed by atoms with E-state index in [0.29, 0.717) is 49.5 Å². The van der Waals surface area contributed by atoms with Gasteiger partial charge in [-0.25, -0.2) is 18.4 Å². The zero-order valence-corrected chi connectivity index (χ0v) is 45.2. The van der Waals surface area contributed by atoms with Crippen LogP contribution in [0, 0.1) is 11.6 Å². The van der Waals surface area contributed by atoms with Gasteiger partial charge < -0.3 is 31.5 Å². The van der Waals surface area contributed by atoms with E-state index in [0.717, 1.165) is 110 Å². The Bertz CT molecular complexity index is 2690. The number of anilines is 2. The molecule has 0 unspecified atom stereocenters. The predicted octanol–water partition coefficient (Wildman–Crippen LogP) is 9.31. The van der Waals surface area contributed by atoms with Gasteiger partial charge in [-0.15, -0.1) is 0 Å². The first-order valence-electron chi connectivity index (χ1n) is 26.6. The second kappa shape index (κ2) is 29.7.